The number of hydrogen-bond donors (Lipinski definition) is 1. The van der Waals surface area contributed by atoms with Gasteiger partial charge >= 0.3 is 5.97 Å². The monoisotopic (exact) mass is 319 g/mol. The van der Waals surface area contributed by atoms with Gasteiger partial charge in [-0.2, -0.15) is 0 Å². The van der Waals surface area contributed by atoms with Crippen LogP contribution >= 0.6 is 22.7 Å². The van der Waals surface area contributed by atoms with Crippen molar-refractivity contribution in [1.82, 2.24) is 9.97 Å². The number of aromatic nitrogens is 2. The highest BCUT2D eigenvalue weighted by Gasteiger charge is 2.16. The van der Waals surface area contributed by atoms with Crippen molar-refractivity contribution in [3.63, 3.8) is 0 Å². The Kier molecular flexibility index (Phi) is 3.85. The first kappa shape index (κ1) is 14.0. The number of thiazole rings is 2. The summed E-state index contributed by atoms with van der Waals surface area (Å²) in [5.74, 6) is -0.378. The van der Waals surface area contributed by atoms with Crippen LogP contribution in [0, 0.1) is 6.92 Å². The molecular formula is C14H13N3O2S2. The number of hydrogen-bond acceptors (Lipinski definition) is 7. The minimum absolute atomic E-state index is 0.348. The van der Waals surface area contributed by atoms with E-state index in [2.05, 4.69) is 15.3 Å². The lowest BCUT2D eigenvalue weighted by Gasteiger charge is -2.01. The molecule has 0 saturated carbocycles. The van der Waals surface area contributed by atoms with Crippen LogP contribution in [0.4, 0.5) is 10.8 Å². The van der Waals surface area contributed by atoms with Crippen LogP contribution in [0.25, 0.3) is 10.2 Å². The fourth-order valence-corrected chi connectivity index (χ4v) is 3.43. The molecule has 0 aliphatic rings. The van der Waals surface area contributed by atoms with Gasteiger partial charge in [-0.05, 0) is 32.0 Å². The maximum Gasteiger partial charge on any atom is 0.358 e. The van der Waals surface area contributed by atoms with Crippen LogP contribution in [0.2, 0.25) is 0 Å². The molecule has 0 bridgehead atoms. The van der Waals surface area contributed by atoms with E-state index >= 15 is 0 Å². The van der Waals surface area contributed by atoms with Crippen molar-refractivity contribution in [2.75, 3.05) is 11.9 Å². The summed E-state index contributed by atoms with van der Waals surface area (Å²) in [6, 6.07) is 5.93. The van der Waals surface area contributed by atoms with Gasteiger partial charge in [-0.25, -0.2) is 14.8 Å². The number of rotatable bonds is 4. The van der Waals surface area contributed by atoms with Gasteiger partial charge in [0.15, 0.2) is 10.8 Å². The third kappa shape index (κ3) is 2.88. The first-order chi connectivity index (χ1) is 10.2. The van der Waals surface area contributed by atoms with Gasteiger partial charge in [-0.3, -0.25) is 0 Å². The maximum absolute atomic E-state index is 11.8. The zero-order valence-corrected chi connectivity index (χ0v) is 13.2. The number of carbonyl (C=O) groups excluding carboxylic acids is 1. The average Bonchev–Trinajstić information content (AvgIpc) is 3.05. The lowest BCUT2D eigenvalue weighted by Crippen LogP contribution is -2.06. The standard InChI is InChI=1S/C14H13N3O2S2/c1-3-19-13(18)12-8(2)21-14(17-12)16-9-4-5-10-11(6-9)20-7-15-10/h4-7H,3H2,1-2H3,(H,16,17). The largest absolute Gasteiger partial charge is 0.461 e. The number of esters is 1. The summed E-state index contributed by atoms with van der Waals surface area (Å²) in [4.78, 5) is 21.2. The molecule has 0 unspecified atom stereocenters. The summed E-state index contributed by atoms with van der Waals surface area (Å²) in [5, 5.41) is 3.90. The molecule has 21 heavy (non-hydrogen) atoms. The summed E-state index contributed by atoms with van der Waals surface area (Å²) in [6.45, 7) is 3.99. The molecule has 1 N–H and O–H groups in total. The molecule has 2 aromatic heterocycles. The van der Waals surface area contributed by atoms with E-state index in [1.54, 1.807) is 18.3 Å². The molecule has 7 heteroatoms. The van der Waals surface area contributed by atoms with Crippen molar-refractivity contribution in [1.29, 1.82) is 0 Å². The number of nitrogens with one attached hydrogen (secondary N) is 1. The van der Waals surface area contributed by atoms with Crippen LogP contribution in [0.3, 0.4) is 0 Å². The van der Waals surface area contributed by atoms with E-state index < -0.39 is 0 Å². The number of ether oxygens (including phenoxy) is 1. The Morgan fingerprint density at radius 2 is 2.29 bits per heavy atom. The van der Waals surface area contributed by atoms with Crippen molar-refractivity contribution in [2.45, 2.75) is 13.8 Å². The number of fused-ring (bicyclic) bond motifs is 1. The van der Waals surface area contributed by atoms with E-state index in [0.29, 0.717) is 17.4 Å². The van der Waals surface area contributed by atoms with E-state index in [1.807, 2.05) is 30.6 Å². The van der Waals surface area contributed by atoms with Crippen molar-refractivity contribution >= 4 is 49.7 Å². The molecule has 0 spiro atoms. The summed E-state index contributed by atoms with van der Waals surface area (Å²) < 4.78 is 6.10. The van der Waals surface area contributed by atoms with Crippen LogP contribution in [0.5, 0.6) is 0 Å². The molecule has 0 aliphatic heterocycles. The molecule has 0 saturated heterocycles. The van der Waals surface area contributed by atoms with Crippen LogP contribution in [-0.4, -0.2) is 22.5 Å². The van der Waals surface area contributed by atoms with Crippen LogP contribution in [-0.2, 0) is 4.74 Å². The second-order valence-electron chi connectivity index (χ2n) is 4.30. The minimum Gasteiger partial charge on any atom is -0.461 e. The molecule has 0 radical (unpaired) electrons. The topological polar surface area (TPSA) is 64.1 Å². The molecule has 5 nitrogen and oxygen atoms in total. The Labute approximate surface area is 129 Å². The third-order valence-electron chi connectivity index (χ3n) is 2.85. The summed E-state index contributed by atoms with van der Waals surface area (Å²) >= 11 is 3.03. The third-order valence-corrected chi connectivity index (χ3v) is 4.53. The summed E-state index contributed by atoms with van der Waals surface area (Å²) in [5.41, 5.74) is 4.10. The zero-order chi connectivity index (χ0) is 14.8. The first-order valence-electron chi connectivity index (χ1n) is 6.42. The Morgan fingerprint density at radius 1 is 1.43 bits per heavy atom. The quantitative estimate of drug-likeness (QED) is 0.737. The SMILES string of the molecule is CCOC(=O)c1nc(Nc2ccc3ncsc3c2)sc1C. The lowest BCUT2D eigenvalue weighted by molar-refractivity contribution is 0.0519. The van der Waals surface area contributed by atoms with Crippen LogP contribution in [0.1, 0.15) is 22.3 Å². The summed E-state index contributed by atoms with van der Waals surface area (Å²) in [6.07, 6.45) is 0. The average molecular weight is 319 g/mol. The molecular weight excluding hydrogens is 306 g/mol. The molecule has 2 heterocycles. The lowest BCUT2D eigenvalue weighted by atomic mass is 10.3. The fraction of sp³-hybridized carbons (Fsp3) is 0.214. The zero-order valence-electron chi connectivity index (χ0n) is 11.5. The highest BCUT2D eigenvalue weighted by molar-refractivity contribution is 7.17. The highest BCUT2D eigenvalue weighted by atomic mass is 32.1. The predicted molar refractivity (Wildman–Crippen MR) is 85.7 cm³/mol. The molecule has 0 amide bonds. The maximum atomic E-state index is 11.8. The van der Waals surface area contributed by atoms with Gasteiger partial charge in [-0.1, -0.05) is 0 Å². The smallest absolute Gasteiger partial charge is 0.358 e. The van der Waals surface area contributed by atoms with E-state index in [1.165, 1.54) is 11.3 Å². The van der Waals surface area contributed by atoms with E-state index in [-0.39, 0.29) is 5.97 Å². The van der Waals surface area contributed by atoms with Gasteiger partial charge in [0, 0.05) is 10.6 Å². The van der Waals surface area contributed by atoms with Crippen molar-refractivity contribution in [3.05, 3.63) is 34.3 Å². The first-order valence-corrected chi connectivity index (χ1v) is 8.12. The second-order valence-corrected chi connectivity index (χ2v) is 6.39. The van der Waals surface area contributed by atoms with Crippen LogP contribution in [0.15, 0.2) is 23.7 Å². The van der Waals surface area contributed by atoms with Crippen molar-refractivity contribution in [2.24, 2.45) is 0 Å². The normalized spacial score (nSPS) is 10.8. The van der Waals surface area contributed by atoms with Gasteiger partial charge in [0.2, 0.25) is 0 Å². The molecule has 3 rings (SSSR count). The number of aryl methyl sites for hydroxylation is 1. The Hall–Kier alpha value is -1.99. The molecule has 1 aromatic carbocycles. The minimum atomic E-state index is -0.378. The molecule has 0 aliphatic carbocycles. The molecule has 0 atom stereocenters. The van der Waals surface area contributed by atoms with Crippen molar-refractivity contribution in [3.8, 4) is 0 Å². The van der Waals surface area contributed by atoms with Gasteiger partial charge in [0.25, 0.3) is 0 Å². The Balaban J connectivity index is 1.84. The molecule has 3 aromatic rings. The van der Waals surface area contributed by atoms with Gasteiger partial charge in [-0.15, -0.1) is 22.7 Å². The highest BCUT2D eigenvalue weighted by Crippen LogP contribution is 2.28. The van der Waals surface area contributed by atoms with Gasteiger partial charge < -0.3 is 10.1 Å². The number of nitrogens with zero attached hydrogens (tertiary/aromatic N) is 2. The molecule has 108 valence electrons. The van der Waals surface area contributed by atoms with Gasteiger partial charge in [0.1, 0.15) is 0 Å². The van der Waals surface area contributed by atoms with Crippen LogP contribution < -0.4 is 5.32 Å². The fourth-order valence-electron chi connectivity index (χ4n) is 1.90. The Morgan fingerprint density at radius 3 is 3.10 bits per heavy atom. The predicted octanol–water partition coefficient (Wildman–Crippen LogP) is 3.98. The Bertz CT molecular complexity index is 794. The van der Waals surface area contributed by atoms with Gasteiger partial charge in [0.05, 0.1) is 22.3 Å². The van der Waals surface area contributed by atoms with E-state index in [4.69, 9.17) is 4.74 Å². The second kappa shape index (κ2) is 5.79. The summed E-state index contributed by atoms with van der Waals surface area (Å²) in [7, 11) is 0. The van der Waals surface area contributed by atoms with E-state index in [9.17, 15) is 4.79 Å². The number of carbonyl (C=O) groups is 1. The van der Waals surface area contributed by atoms with E-state index in [0.717, 1.165) is 20.8 Å². The van der Waals surface area contributed by atoms with Crippen molar-refractivity contribution < 1.29 is 9.53 Å². The molecule has 0 fully saturated rings. The number of anilines is 2. The number of benzene rings is 1.